The molecule has 0 fully saturated rings. The number of aromatic nitrogens is 2. The van der Waals surface area contributed by atoms with Crippen LogP contribution < -0.4 is 10.6 Å². The summed E-state index contributed by atoms with van der Waals surface area (Å²) in [6.45, 7) is 0.948. The van der Waals surface area contributed by atoms with Gasteiger partial charge in [0.25, 0.3) is 0 Å². The molecular formula is C13H13F3N4O. The number of urea groups is 1. The van der Waals surface area contributed by atoms with E-state index in [4.69, 9.17) is 0 Å². The molecule has 1 aromatic carbocycles. The van der Waals surface area contributed by atoms with Crippen LogP contribution in [-0.2, 0) is 6.54 Å². The third kappa shape index (κ3) is 3.98. The van der Waals surface area contributed by atoms with Crippen molar-refractivity contribution in [1.82, 2.24) is 15.1 Å². The fraction of sp³-hybridized carbons (Fsp3) is 0.231. The van der Waals surface area contributed by atoms with Gasteiger partial charge < -0.3 is 10.6 Å². The highest BCUT2D eigenvalue weighted by molar-refractivity contribution is 5.89. The molecule has 0 radical (unpaired) electrons. The topological polar surface area (TPSA) is 59.0 Å². The number of aryl methyl sites for hydroxylation is 1. The zero-order valence-electron chi connectivity index (χ0n) is 10.9. The quantitative estimate of drug-likeness (QED) is 0.658. The second-order valence-electron chi connectivity index (χ2n) is 4.23. The Balaban J connectivity index is 1.78. The molecule has 0 aliphatic carbocycles. The fourth-order valence-corrected chi connectivity index (χ4v) is 1.66. The number of halogens is 3. The summed E-state index contributed by atoms with van der Waals surface area (Å²) in [5, 5.41) is 8.59. The molecule has 0 saturated heterocycles. The summed E-state index contributed by atoms with van der Waals surface area (Å²) in [4.78, 5) is 11.5. The molecule has 112 valence electrons. The van der Waals surface area contributed by atoms with Gasteiger partial charge in [-0.1, -0.05) is 0 Å². The number of hydrogen-bond acceptors (Lipinski definition) is 2. The third-order valence-corrected chi connectivity index (χ3v) is 2.69. The van der Waals surface area contributed by atoms with Crippen LogP contribution in [0.1, 0.15) is 6.42 Å². The van der Waals surface area contributed by atoms with Crippen LogP contribution in [0.15, 0.2) is 30.6 Å². The lowest BCUT2D eigenvalue weighted by Crippen LogP contribution is -2.30. The first kappa shape index (κ1) is 14.9. The molecule has 0 atom stereocenters. The predicted molar refractivity (Wildman–Crippen MR) is 70.2 cm³/mol. The highest BCUT2D eigenvalue weighted by atomic mass is 19.2. The average Bonchev–Trinajstić information content (AvgIpc) is 2.98. The summed E-state index contributed by atoms with van der Waals surface area (Å²) in [7, 11) is 0. The summed E-state index contributed by atoms with van der Waals surface area (Å²) in [6, 6.07) is 2.79. The molecule has 8 heteroatoms. The van der Waals surface area contributed by atoms with Crippen molar-refractivity contribution >= 4 is 11.7 Å². The van der Waals surface area contributed by atoms with Crippen LogP contribution in [0.25, 0.3) is 0 Å². The SMILES string of the molecule is O=C(NCCCn1cccn1)Nc1ccc(F)c(F)c1F. The van der Waals surface area contributed by atoms with Gasteiger partial charge in [0, 0.05) is 25.5 Å². The lowest BCUT2D eigenvalue weighted by atomic mass is 10.3. The highest BCUT2D eigenvalue weighted by Crippen LogP contribution is 2.19. The van der Waals surface area contributed by atoms with E-state index in [0.717, 1.165) is 12.1 Å². The Kier molecular flexibility index (Phi) is 4.81. The maximum absolute atomic E-state index is 13.3. The number of anilines is 1. The van der Waals surface area contributed by atoms with Crippen molar-refractivity contribution in [3.63, 3.8) is 0 Å². The van der Waals surface area contributed by atoms with Gasteiger partial charge in [0.15, 0.2) is 17.5 Å². The average molecular weight is 298 g/mol. The number of rotatable bonds is 5. The van der Waals surface area contributed by atoms with E-state index in [1.54, 1.807) is 23.1 Å². The molecule has 0 spiro atoms. The smallest absolute Gasteiger partial charge is 0.319 e. The summed E-state index contributed by atoms with van der Waals surface area (Å²) >= 11 is 0. The van der Waals surface area contributed by atoms with Gasteiger partial charge in [-0.05, 0) is 24.6 Å². The van der Waals surface area contributed by atoms with Gasteiger partial charge in [-0.2, -0.15) is 5.10 Å². The first-order valence-electron chi connectivity index (χ1n) is 6.23. The van der Waals surface area contributed by atoms with Crippen molar-refractivity contribution < 1.29 is 18.0 Å². The normalized spacial score (nSPS) is 10.4. The van der Waals surface area contributed by atoms with E-state index >= 15 is 0 Å². The van der Waals surface area contributed by atoms with Gasteiger partial charge in [-0.15, -0.1) is 0 Å². The van der Waals surface area contributed by atoms with Crippen LogP contribution >= 0.6 is 0 Å². The second-order valence-corrected chi connectivity index (χ2v) is 4.23. The minimum absolute atomic E-state index is 0.330. The molecule has 2 aromatic rings. The Labute approximate surface area is 118 Å². The second kappa shape index (κ2) is 6.78. The zero-order valence-corrected chi connectivity index (χ0v) is 10.9. The summed E-state index contributed by atoms with van der Waals surface area (Å²) in [5.74, 6) is -4.36. The van der Waals surface area contributed by atoms with Crippen LogP contribution in [0.3, 0.4) is 0 Å². The van der Waals surface area contributed by atoms with Gasteiger partial charge in [0.05, 0.1) is 5.69 Å². The summed E-state index contributed by atoms with van der Waals surface area (Å²) in [6.07, 6.45) is 4.05. The number of benzene rings is 1. The van der Waals surface area contributed by atoms with E-state index in [2.05, 4.69) is 15.7 Å². The molecule has 2 N–H and O–H groups in total. The first-order valence-corrected chi connectivity index (χ1v) is 6.23. The molecular weight excluding hydrogens is 285 g/mol. The first-order chi connectivity index (χ1) is 10.1. The Morgan fingerprint density at radius 1 is 1.24 bits per heavy atom. The maximum atomic E-state index is 13.3. The van der Waals surface area contributed by atoms with E-state index < -0.39 is 29.2 Å². The fourth-order valence-electron chi connectivity index (χ4n) is 1.66. The van der Waals surface area contributed by atoms with Crippen LogP contribution in [0.2, 0.25) is 0 Å². The van der Waals surface area contributed by atoms with Crippen molar-refractivity contribution in [2.24, 2.45) is 0 Å². The van der Waals surface area contributed by atoms with Crippen molar-refractivity contribution in [2.75, 3.05) is 11.9 Å². The lowest BCUT2D eigenvalue weighted by Gasteiger charge is -2.09. The van der Waals surface area contributed by atoms with Gasteiger partial charge >= 0.3 is 6.03 Å². The molecule has 0 saturated carbocycles. The molecule has 5 nitrogen and oxygen atoms in total. The van der Waals surface area contributed by atoms with E-state index in [9.17, 15) is 18.0 Å². The van der Waals surface area contributed by atoms with Crippen LogP contribution in [0.5, 0.6) is 0 Å². The third-order valence-electron chi connectivity index (χ3n) is 2.69. The van der Waals surface area contributed by atoms with Crippen LogP contribution in [0, 0.1) is 17.5 Å². The molecule has 2 rings (SSSR count). The van der Waals surface area contributed by atoms with Gasteiger partial charge in [0.2, 0.25) is 0 Å². The zero-order chi connectivity index (χ0) is 15.2. The Morgan fingerprint density at radius 2 is 2.05 bits per heavy atom. The van der Waals surface area contributed by atoms with Crippen molar-refractivity contribution in [1.29, 1.82) is 0 Å². The molecule has 2 amide bonds. The maximum Gasteiger partial charge on any atom is 0.319 e. The Bertz CT molecular complexity index is 616. The standard InChI is InChI=1S/C13H13F3N4O/c14-9-3-4-10(12(16)11(9)15)19-13(21)17-5-1-7-20-8-2-6-18-20/h2-4,6,8H,1,5,7H2,(H2,17,19,21). The predicted octanol–water partition coefficient (Wildman–Crippen LogP) is 2.51. The van der Waals surface area contributed by atoms with Gasteiger partial charge in [0.1, 0.15) is 0 Å². The van der Waals surface area contributed by atoms with Crippen LogP contribution in [0.4, 0.5) is 23.7 Å². The van der Waals surface area contributed by atoms with Crippen molar-refractivity contribution in [3.8, 4) is 0 Å². The molecule has 1 heterocycles. The molecule has 21 heavy (non-hydrogen) atoms. The number of carbonyl (C=O) groups is 1. The highest BCUT2D eigenvalue weighted by Gasteiger charge is 2.14. The van der Waals surface area contributed by atoms with Gasteiger partial charge in [-0.3, -0.25) is 4.68 Å². The number of carbonyl (C=O) groups excluding carboxylic acids is 1. The molecule has 0 unspecified atom stereocenters. The summed E-state index contributed by atoms with van der Waals surface area (Å²) < 4.78 is 40.7. The van der Waals surface area contributed by atoms with Crippen molar-refractivity contribution in [2.45, 2.75) is 13.0 Å². The minimum Gasteiger partial charge on any atom is -0.338 e. The molecule has 0 bridgehead atoms. The molecule has 1 aromatic heterocycles. The number of nitrogens with one attached hydrogen (secondary N) is 2. The van der Waals surface area contributed by atoms with E-state index in [-0.39, 0.29) is 0 Å². The molecule has 0 aliphatic heterocycles. The van der Waals surface area contributed by atoms with E-state index in [1.165, 1.54) is 0 Å². The van der Waals surface area contributed by atoms with Crippen LogP contribution in [-0.4, -0.2) is 22.4 Å². The number of nitrogens with zero attached hydrogens (tertiary/aromatic N) is 2. The number of hydrogen-bond donors (Lipinski definition) is 2. The largest absolute Gasteiger partial charge is 0.338 e. The van der Waals surface area contributed by atoms with Gasteiger partial charge in [-0.25, -0.2) is 18.0 Å². The van der Waals surface area contributed by atoms with E-state index in [1.807, 2.05) is 0 Å². The Hall–Kier alpha value is -2.51. The lowest BCUT2D eigenvalue weighted by molar-refractivity contribution is 0.251. The molecule has 0 aliphatic rings. The van der Waals surface area contributed by atoms with E-state index in [0.29, 0.717) is 19.5 Å². The van der Waals surface area contributed by atoms with Crippen molar-refractivity contribution in [3.05, 3.63) is 48.0 Å². The number of amides is 2. The Morgan fingerprint density at radius 3 is 2.76 bits per heavy atom. The monoisotopic (exact) mass is 298 g/mol. The summed E-state index contributed by atoms with van der Waals surface area (Å²) in [5.41, 5.74) is -0.418. The minimum atomic E-state index is -1.62.